The van der Waals surface area contributed by atoms with Gasteiger partial charge in [0.2, 0.25) is 11.8 Å². The van der Waals surface area contributed by atoms with Crippen molar-refractivity contribution >= 4 is 29.4 Å². The van der Waals surface area contributed by atoms with Crippen LogP contribution in [0.1, 0.15) is 63.5 Å². The van der Waals surface area contributed by atoms with Gasteiger partial charge in [-0.2, -0.15) is 0 Å². The largest absolute Gasteiger partial charge is 0.480 e. The van der Waals surface area contributed by atoms with Gasteiger partial charge in [0.25, 0.3) is 0 Å². The molecule has 52 heavy (non-hydrogen) atoms. The lowest BCUT2D eigenvalue weighted by Crippen LogP contribution is -2.53. The van der Waals surface area contributed by atoms with E-state index in [-0.39, 0.29) is 22.8 Å². The number of aliphatic carboxylic acids is 2. The first-order valence-electron chi connectivity index (χ1n) is 17.9. The third-order valence-corrected chi connectivity index (χ3v) is 9.59. The molecule has 2 amide bonds. The number of carboxylic acid groups (broad SMARTS) is 2. The summed E-state index contributed by atoms with van der Waals surface area (Å²) >= 11 is 0. The monoisotopic (exact) mass is 720 g/mol. The number of piperidine rings is 1. The molecular formula is C40H56N4O8. The predicted molar refractivity (Wildman–Crippen MR) is 202 cm³/mol. The van der Waals surface area contributed by atoms with Crippen molar-refractivity contribution < 1.29 is 40.3 Å². The highest BCUT2D eigenvalue weighted by atomic mass is 16.4. The number of rotatable bonds is 14. The number of carboxylic acids is 2. The van der Waals surface area contributed by atoms with Gasteiger partial charge >= 0.3 is 11.9 Å². The van der Waals surface area contributed by atoms with E-state index < -0.39 is 30.1 Å². The van der Waals surface area contributed by atoms with E-state index in [1.165, 1.54) is 10.5 Å². The molecule has 3 atom stereocenters. The minimum Gasteiger partial charge on any atom is -0.480 e. The molecule has 2 fully saturated rings. The van der Waals surface area contributed by atoms with E-state index in [1.54, 1.807) is 6.92 Å². The molecule has 0 aliphatic carbocycles. The van der Waals surface area contributed by atoms with Crippen molar-refractivity contribution in [2.45, 2.75) is 89.4 Å². The zero-order valence-electron chi connectivity index (χ0n) is 30.3. The Morgan fingerprint density at radius 1 is 0.788 bits per heavy atom. The van der Waals surface area contributed by atoms with Crippen LogP contribution in [0.3, 0.4) is 0 Å². The maximum Gasteiger partial charge on any atom is 0.326 e. The molecule has 0 aromatic heterocycles. The van der Waals surface area contributed by atoms with Crippen LogP contribution in [0.5, 0.6) is 0 Å². The Balaban J connectivity index is 0.000000347. The van der Waals surface area contributed by atoms with Crippen LogP contribution in [-0.4, -0.2) is 105 Å². The van der Waals surface area contributed by atoms with E-state index in [2.05, 4.69) is 52.7 Å². The van der Waals surface area contributed by atoms with Crippen molar-refractivity contribution in [3.8, 4) is 0 Å². The zero-order valence-corrected chi connectivity index (χ0v) is 30.3. The summed E-state index contributed by atoms with van der Waals surface area (Å²) < 4.78 is 0. The first-order valence-corrected chi connectivity index (χ1v) is 17.9. The van der Waals surface area contributed by atoms with E-state index in [0.29, 0.717) is 44.7 Å². The van der Waals surface area contributed by atoms with Gasteiger partial charge in [0.15, 0.2) is 0 Å². The zero-order chi connectivity index (χ0) is 35.9. The molecule has 12 heteroatoms. The van der Waals surface area contributed by atoms with Gasteiger partial charge in [-0.1, -0.05) is 85.8 Å². The van der Waals surface area contributed by atoms with Crippen LogP contribution in [0, 0.1) is 0 Å². The molecule has 284 valence electrons. The average Bonchev–Trinajstić information content (AvgIpc) is 3.65. The molecule has 3 aromatic rings. The maximum atomic E-state index is 12.5. The van der Waals surface area contributed by atoms with Crippen LogP contribution in [0.15, 0.2) is 91.0 Å². The molecular weight excluding hydrogens is 664 g/mol. The first kappa shape index (κ1) is 43.5. The summed E-state index contributed by atoms with van der Waals surface area (Å²) in [7, 11) is 0. The van der Waals surface area contributed by atoms with Crippen molar-refractivity contribution in [2.75, 3.05) is 31.1 Å². The number of anilines is 1. The van der Waals surface area contributed by atoms with Gasteiger partial charge in [-0.25, -0.2) is 4.79 Å². The van der Waals surface area contributed by atoms with Crippen LogP contribution in [0.4, 0.5) is 5.69 Å². The second-order valence-electron chi connectivity index (χ2n) is 13.1. The van der Waals surface area contributed by atoms with Crippen molar-refractivity contribution in [3.05, 3.63) is 102 Å². The number of nitrogens with one attached hydrogen (secondary N) is 1. The smallest absolute Gasteiger partial charge is 0.326 e. The molecule has 0 bridgehead atoms. The third-order valence-electron chi connectivity index (χ3n) is 9.59. The van der Waals surface area contributed by atoms with Crippen molar-refractivity contribution in [1.82, 2.24) is 15.1 Å². The lowest BCUT2D eigenvalue weighted by Gasteiger charge is -2.38. The molecule has 12 nitrogen and oxygen atoms in total. The topological polar surface area (TPSA) is 193 Å². The normalized spacial score (nSPS) is 17.0. The highest BCUT2D eigenvalue weighted by Crippen LogP contribution is 2.25. The van der Waals surface area contributed by atoms with Gasteiger partial charge in [-0.05, 0) is 75.1 Å². The molecule has 7 N–H and O–H groups in total. The van der Waals surface area contributed by atoms with Gasteiger partial charge in [-0.15, -0.1) is 0 Å². The average molecular weight is 721 g/mol. The molecule has 0 spiro atoms. The molecule has 3 aromatic carbocycles. The highest BCUT2D eigenvalue weighted by molar-refractivity contribution is 5.93. The summed E-state index contributed by atoms with van der Waals surface area (Å²) in [5, 5.41) is 21.4. The fourth-order valence-corrected chi connectivity index (χ4v) is 6.79. The van der Waals surface area contributed by atoms with E-state index in [0.717, 1.165) is 50.1 Å². The minimum atomic E-state index is -1.02. The van der Waals surface area contributed by atoms with Crippen molar-refractivity contribution in [2.24, 2.45) is 0 Å². The van der Waals surface area contributed by atoms with Crippen LogP contribution in [-0.2, 0) is 32.0 Å². The number of benzene rings is 3. The Hall–Kier alpha value is -4.62. The lowest BCUT2D eigenvalue weighted by atomic mass is 10.0. The second kappa shape index (κ2) is 22.3. The number of para-hydroxylation sites is 1. The third kappa shape index (κ3) is 12.9. The summed E-state index contributed by atoms with van der Waals surface area (Å²) in [6.07, 6.45) is 5.76. The van der Waals surface area contributed by atoms with Crippen LogP contribution >= 0.6 is 0 Å². The summed E-state index contributed by atoms with van der Waals surface area (Å²) in [6.45, 7) is 7.16. The minimum absolute atomic E-state index is 0. The fourth-order valence-electron chi connectivity index (χ4n) is 6.79. The summed E-state index contributed by atoms with van der Waals surface area (Å²) in [6, 6.07) is 28.2. The Labute approximate surface area is 307 Å². The molecule has 2 heterocycles. The quantitative estimate of drug-likeness (QED) is 0.225. The Bertz CT molecular complexity index is 1500. The summed E-state index contributed by atoms with van der Waals surface area (Å²) in [4.78, 5) is 53.6. The van der Waals surface area contributed by atoms with Gasteiger partial charge in [0.1, 0.15) is 12.1 Å². The van der Waals surface area contributed by atoms with Gasteiger partial charge in [0.05, 0.1) is 6.04 Å². The Morgan fingerprint density at radius 3 is 1.85 bits per heavy atom. The number of likely N-dealkylation sites (tertiary alicyclic amines) is 2. The van der Waals surface area contributed by atoms with Crippen LogP contribution < -0.4 is 10.2 Å². The van der Waals surface area contributed by atoms with Gasteiger partial charge in [-0.3, -0.25) is 19.7 Å². The van der Waals surface area contributed by atoms with E-state index in [1.807, 2.05) is 60.4 Å². The number of hydrogen-bond acceptors (Lipinski definition) is 6. The summed E-state index contributed by atoms with van der Waals surface area (Å²) in [5.41, 5.74) is 3.47. The van der Waals surface area contributed by atoms with Crippen LogP contribution in [0.2, 0.25) is 0 Å². The molecule has 2 aliphatic rings. The standard InChI is InChI=1S/C22H28N2O.C18H24N2O5.2H2O/c1-2-22(25)24(20-11-7-4-8-12-20)21-14-17-23(18-15-21)16-13-19-9-5-3-6-10-19;1-12(16(21)20-11-5-8-15(20)18(24)25)19-14(17(22)23)10-9-13-6-3-2-4-7-13;;/h3-12,21H,2,13-18H2,1H3;2-4,6-7,12,14-15,19H,5,8-11H2,1H3,(H,22,23)(H,24,25);2*1H2/t;12-,14-,15-;;/m.0../s1. The van der Waals surface area contributed by atoms with E-state index >= 15 is 0 Å². The summed E-state index contributed by atoms with van der Waals surface area (Å²) in [5.74, 6) is -2.17. The van der Waals surface area contributed by atoms with Gasteiger partial charge < -0.3 is 35.9 Å². The predicted octanol–water partition coefficient (Wildman–Crippen LogP) is 3.61. The molecule has 2 aliphatic heterocycles. The number of aryl methyl sites for hydroxylation is 1. The molecule has 2 saturated heterocycles. The van der Waals surface area contributed by atoms with E-state index in [4.69, 9.17) is 0 Å². The lowest BCUT2D eigenvalue weighted by molar-refractivity contribution is -0.149. The number of carbonyl (C=O) groups is 4. The van der Waals surface area contributed by atoms with Crippen LogP contribution in [0.25, 0.3) is 0 Å². The molecule has 0 saturated carbocycles. The molecule has 0 unspecified atom stereocenters. The Morgan fingerprint density at radius 2 is 1.33 bits per heavy atom. The number of carbonyl (C=O) groups excluding carboxylic acids is 2. The Kier molecular flexibility index (Phi) is 18.7. The van der Waals surface area contributed by atoms with Crippen molar-refractivity contribution in [1.29, 1.82) is 0 Å². The molecule has 5 rings (SSSR count). The van der Waals surface area contributed by atoms with Crippen molar-refractivity contribution in [3.63, 3.8) is 0 Å². The first-order chi connectivity index (χ1) is 24.2. The number of nitrogens with zero attached hydrogens (tertiary/aromatic N) is 3. The number of amides is 2. The second-order valence-corrected chi connectivity index (χ2v) is 13.1. The highest BCUT2D eigenvalue weighted by Gasteiger charge is 2.37. The fraction of sp³-hybridized carbons (Fsp3) is 0.450. The van der Waals surface area contributed by atoms with E-state index in [9.17, 15) is 29.4 Å². The number of hydrogen-bond donors (Lipinski definition) is 3. The SMILES string of the molecule is CCC(=O)N(c1ccccc1)C1CCN(CCc2ccccc2)CC1.C[C@H](N[C@@H](CCc1ccccc1)C(=O)O)C(=O)N1CCC[C@H]1C(=O)O.O.O. The van der Waals surface area contributed by atoms with Gasteiger partial charge in [0, 0.05) is 44.3 Å². The maximum absolute atomic E-state index is 12.5. The molecule has 0 radical (unpaired) electrons.